The van der Waals surface area contributed by atoms with Crippen LogP contribution in [0.4, 0.5) is 0 Å². The van der Waals surface area contributed by atoms with Crippen molar-refractivity contribution in [2.45, 2.75) is 68.9 Å². The van der Waals surface area contributed by atoms with Gasteiger partial charge in [0.15, 0.2) is 17.6 Å². The summed E-state index contributed by atoms with van der Waals surface area (Å²) in [6, 6.07) is 19.5. The van der Waals surface area contributed by atoms with Gasteiger partial charge in [0.05, 0.1) is 26.6 Å². The Hall–Kier alpha value is -4.82. The van der Waals surface area contributed by atoms with Crippen LogP contribution in [-0.4, -0.2) is 90.5 Å². The molecule has 5 aromatic rings. The van der Waals surface area contributed by atoms with E-state index in [-0.39, 0.29) is 36.9 Å². The zero-order valence-electron chi connectivity index (χ0n) is 32.2. The molecule has 296 valence electrons. The molecule has 8 N–H and O–H groups in total. The lowest BCUT2D eigenvalue weighted by molar-refractivity contribution is -0.129. The Bertz CT molecular complexity index is 2200. The van der Waals surface area contributed by atoms with Crippen molar-refractivity contribution in [2.24, 2.45) is 0 Å². The zero-order chi connectivity index (χ0) is 39.0. The van der Waals surface area contributed by atoms with Crippen LogP contribution < -0.4 is 30.2 Å². The number of ether oxygens (including phenoxy) is 4. The first-order valence-corrected chi connectivity index (χ1v) is 19.5. The van der Waals surface area contributed by atoms with Gasteiger partial charge in [0, 0.05) is 54.6 Å². The van der Waals surface area contributed by atoms with E-state index >= 15 is 0 Å². The molecule has 12 heteroatoms. The topological polar surface area (TPSA) is 170 Å². The van der Waals surface area contributed by atoms with Crippen molar-refractivity contribution in [1.29, 1.82) is 0 Å². The molecule has 1 aromatic heterocycles. The van der Waals surface area contributed by atoms with Gasteiger partial charge in [-0.25, -0.2) is 0 Å². The maximum Gasteiger partial charge on any atom is 0.160 e. The molecular formula is C44H52N4O8. The minimum atomic E-state index is -0.959. The molecule has 0 unspecified atom stereocenters. The van der Waals surface area contributed by atoms with Crippen molar-refractivity contribution in [3.8, 4) is 39.9 Å². The fourth-order valence-corrected chi connectivity index (χ4v) is 8.92. The Kier molecular flexibility index (Phi) is 10.9. The van der Waals surface area contributed by atoms with Crippen molar-refractivity contribution < 1.29 is 39.4 Å². The third-order valence-corrected chi connectivity index (χ3v) is 11.5. The predicted octanol–water partition coefficient (Wildman–Crippen LogP) is 4.95. The number of phenolic OH excluding ortho intramolecular Hbond substituents is 2. The van der Waals surface area contributed by atoms with Gasteiger partial charge < -0.3 is 55.0 Å². The lowest BCUT2D eigenvalue weighted by atomic mass is 9.70. The van der Waals surface area contributed by atoms with Crippen LogP contribution >= 0.6 is 0 Å². The summed E-state index contributed by atoms with van der Waals surface area (Å²) < 4.78 is 26.5. The lowest BCUT2D eigenvalue weighted by Crippen LogP contribution is -2.56. The van der Waals surface area contributed by atoms with E-state index in [0.717, 1.165) is 62.0 Å². The average molecular weight is 765 g/mol. The van der Waals surface area contributed by atoms with Crippen LogP contribution in [0.3, 0.4) is 0 Å². The van der Waals surface area contributed by atoms with Gasteiger partial charge in [-0.05, 0) is 121 Å². The average Bonchev–Trinajstić information content (AvgIpc) is 3.68. The number of aliphatic hydroxyl groups excluding tert-OH is 2. The van der Waals surface area contributed by atoms with E-state index in [1.807, 2.05) is 31.4 Å². The molecule has 0 bridgehead atoms. The zero-order valence-corrected chi connectivity index (χ0v) is 32.2. The fourth-order valence-electron chi connectivity index (χ4n) is 8.92. The Balaban J connectivity index is 1.31. The third-order valence-electron chi connectivity index (χ3n) is 11.5. The summed E-state index contributed by atoms with van der Waals surface area (Å²) in [6.07, 6.45) is 3.60. The molecule has 56 heavy (non-hydrogen) atoms. The highest BCUT2D eigenvalue weighted by Gasteiger charge is 2.50. The van der Waals surface area contributed by atoms with E-state index in [4.69, 9.17) is 18.9 Å². The summed E-state index contributed by atoms with van der Waals surface area (Å²) in [5.74, 6) is 2.07. The fraction of sp³-hybridized carbons (Fsp3) is 0.409. The van der Waals surface area contributed by atoms with Crippen LogP contribution in [0, 0.1) is 0 Å². The lowest BCUT2D eigenvalue weighted by Gasteiger charge is -2.47. The summed E-state index contributed by atoms with van der Waals surface area (Å²) >= 11 is 0. The van der Waals surface area contributed by atoms with E-state index in [2.05, 4.69) is 45.2 Å². The molecule has 0 radical (unpaired) electrons. The summed E-state index contributed by atoms with van der Waals surface area (Å²) in [6.45, 7) is 3.12. The second-order valence-corrected chi connectivity index (χ2v) is 15.4. The number of nitrogens with one attached hydrogen (secondary N) is 4. The minimum Gasteiger partial charge on any atom is -0.508 e. The molecule has 2 aliphatic heterocycles. The summed E-state index contributed by atoms with van der Waals surface area (Å²) in [4.78, 5) is 3.30. The maximum atomic E-state index is 10.9. The molecule has 3 heterocycles. The van der Waals surface area contributed by atoms with E-state index in [1.54, 1.807) is 25.1 Å². The Morgan fingerprint density at radius 2 is 1.86 bits per heavy atom. The number of methoxy groups -OCH3 is 1. The van der Waals surface area contributed by atoms with Gasteiger partial charge in [-0.2, -0.15) is 0 Å². The molecule has 0 fully saturated rings. The monoisotopic (exact) mass is 764 g/mol. The second-order valence-electron chi connectivity index (χ2n) is 15.4. The van der Waals surface area contributed by atoms with Crippen molar-refractivity contribution >= 4 is 10.9 Å². The standard InChI is InChI=1S/C44H52N4O8/c1-25(50)20-46-23-47-22-44(54-24-45-2)19-36-35-16-29(15-26-4-10-37-27(14-26)12-13-48-37)34-18-30(51)6-8-32(34)40(35)42-33(9-7-31(21-49)55-42)41(36)56-43(44)28-5-11-38(52)39(17-28)53-3/h4-6,8,10-14,17-18,25,29,31,43,45-52H,7,9,15-16,19-24H2,1-3H3/t25-,29-,31+,43+,44-/m0/s1. The number of fused-ring (bicyclic) bond motifs is 9. The van der Waals surface area contributed by atoms with Crippen LogP contribution in [0.15, 0.2) is 66.9 Å². The van der Waals surface area contributed by atoms with Crippen molar-refractivity contribution in [1.82, 2.24) is 20.9 Å². The quantitative estimate of drug-likeness (QED) is 0.0569. The van der Waals surface area contributed by atoms with Gasteiger partial charge in [0.25, 0.3) is 0 Å². The van der Waals surface area contributed by atoms with E-state index < -0.39 is 17.8 Å². The van der Waals surface area contributed by atoms with E-state index in [1.165, 1.54) is 12.7 Å². The van der Waals surface area contributed by atoms with Gasteiger partial charge in [-0.3, -0.25) is 5.32 Å². The van der Waals surface area contributed by atoms with Crippen molar-refractivity contribution in [3.05, 3.63) is 100 Å². The highest BCUT2D eigenvalue weighted by atomic mass is 16.6. The van der Waals surface area contributed by atoms with Crippen LogP contribution in [0.2, 0.25) is 0 Å². The summed E-state index contributed by atoms with van der Waals surface area (Å²) in [5.41, 5.74) is 8.23. The summed E-state index contributed by atoms with van der Waals surface area (Å²) in [5, 5.41) is 52.9. The second kappa shape index (κ2) is 16.0. The Labute approximate surface area is 326 Å². The number of hydrogen-bond donors (Lipinski definition) is 8. The first-order valence-electron chi connectivity index (χ1n) is 19.5. The van der Waals surface area contributed by atoms with Gasteiger partial charge in [-0.15, -0.1) is 0 Å². The minimum absolute atomic E-state index is 0.0230. The van der Waals surface area contributed by atoms with Crippen molar-refractivity contribution in [3.63, 3.8) is 0 Å². The Morgan fingerprint density at radius 1 is 0.982 bits per heavy atom. The number of aromatic nitrogens is 1. The normalized spacial score (nSPS) is 21.6. The third kappa shape index (κ3) is 7.17. The number of aromatic hydroxyl groups is 2. The number of phenols is 2. The molecule has 0 spiro atoms. The smallest absolute Gasteiger partial charge is 0.160 e. The largest absolute Gasteiger partial charge is 0.508 e. The van der Waals surface area contributed by atoms with Crippen LogP contribution in [0.25, 0.3) is 22.0 Å². The molecule has 12 nitrogen and oxygen atoms in total. The number of H-pyrrole nitrogens is 1. The first kappa shape index (κ1) is 38.1. The molecule has 5 atom stereocenters. The van der Waals surface area contributed by atoms with Gasteiger partial charge in [0.2, 0.25) is 0 Å². The predicted molar refractivity (Wildman–Crippen MR) is 214 cm³/mol. The SMILES string of the molecule is CNCO[C@]1(CNCNC[C@H](C)O)Cc2c3c(c4c(c2O[C@@H]1c1ccc(O)c(OC)c1)CC[C@H](CO)O4)-c1ccc(O)cc1[C@@H](Cc1ccc2[nH]ccc2c1)C3. The Morgan fingerprint density at radius 3 is 2.66 bits per heavy atom. The molecule has 3 aliphatic rings. The van der Waals surface area contributed by atoms with Crippen LogP contribution in [0.5, 0.6) is 28.7 Å². The highest BCUT2D eigenvalue weighted by Crippen LogP contribution is 2.57. The molecule has 0 saturated heterocycles. The van der Waals surface area contributed by atoms with Gasteiger partial charge in [0.1, 0.15) is 29.0 Å². The van der Waals surface area contributed by atoms with E-state index in [9.17, 15) is 20.4 Å². The van der Waals surface area contributed by atoms with Gasteiger partial charge >= 0.3 is 0 Å². The molecular weight excluding hydrogens is 713 g/mol. The molecule has 1 aliphatic carbocycles. The number of benzene rings is 4. The summed E-state index contributed by atoms with van der Waals surface area (Å²) in [7, 11) is 3.37. The molecule has 0 amide bonds. The molecule has 4 aromatic carbocycles. The number of aromatic amines is 1. The maximum absolute atomic E-state index is 10.9. The van der Waals surface area contributed by atoms with E-state index in [0.29, 0.717) is 56.9 Å². The van der Waals surface area contributed by atoms with Crippen molar-refractivity contribution in [2.75, 3.05) is 47.3 Å². The van der Waals surface area contributed by atoms with Gasteiger partial charge in [-0.1, -0.05) is 18.2 Å². The first-order chi connectivity index (χ1) is 27.2. The number of hydrogen-bond acceptors (Lipinski definition) is 11. The number of rotatable bonds is 14. The van der Waals surface area contributed by atoms with Crippen LogP contribution in [-0.2, 0) is 30.4 Å². The highest BCUT2D eigenvalue weighted by molar-refractivity contribution is 5.85. The van der Waals surface area contributed by atoms with Crippen LogP contribution in [0.1, 0.15) is 58.7 Å². The number of aliphatic hydroxyl groups is 2. The molecule has 8 rings (SSSR count). The molecule has 0 saturated carbocycles.